The van der Waals surface area contributed by atoms with Crippen LogP contribution >= 0.6 is 27.3 Å². The first kappa shape index (κ1) is 17.6. The second-order valence-corrected chi connectivity index (χ2v) is 8.75. The van der Waals surface area contributed by atoms with Crippen LogP contribution in [0.25, 0.3) is 54.7 Å². The number of aromatic nitrogens is 1. The third-order valence-corrected chi connectivity index (χ3v) is 6.48. The molecule has 0 N–H and O–H groups in total. The lowest BCUT2D eigenvalue weighted by molar-refractivity contribution is 0.564. The Hall–Kier alpha value is -3.22. The number of nitrogens with zero attached hydrogens (tertiary/aromatic N) is 1. The van der Waals surface area contributed by atoms with E-state index in [9.17, 15) is 4.79 Å². The second-order valence-electron chi connectivity index (χ2n) is 6.98. The third-order valence-electron chi connectivity index (χ3n) is 5.11. The van der Waals surface area contributed by atoms with Crippen LogP contribution in [0.3, 0.4) is 0 Å². The van der Waals surface area contributed by atoms with E-state index in [2.05, 4.69) is 20.9 Å². The van der Waals surface area contributed by atoms with Crippen LogP contribution < -0.4 is 5.63 Å². The largest absolute Gasteiger partial charge is 0.454 e. The lowest BCUT2D eigenvalue weighted by Crippen LogP contribution is -2.02. The number of furan rings is 1. The van der Waals surface area contributed by atoms with Gasteiger partial charge in [0.25, 0.3) is 0 Å². The van der Waals surface area contributed by atoms with Crippen LogP contribution in [0.2, 0.25) is 0 Å². The molecule has 0 fully saturated rings. The van der Waals surface area contributed by atoms with Crippen molar-refractivity contribution < 1.29 is 8.83 Å². The van der Waals surface area contributed by atoms with Gasteiger partial charge in [-0.15, -0.1) is 11.3 Å². The molecule has 0 bridgehead atoms. The summed E-state index contributed by atoms with van der Waals surface area (Å²) in [5, 5.41) is 6.53. The Balaban J connectivity index is 1.50. The quantitative estimate of drug-likeness (QED) is 0.196. The predicted molar refractivity (Wildman–Crippen MR) is 124 cm³/mol. The summed E-state index contributed by atoms with van der Waals surface area (Å²) >= 11 is 4.88. The van der Waals surface area contributed by atoms with E-state index in [-0.39, 0.29) is 0 Å². The molecular weight excluding hydrogens is 462 g/mol. The van der Waals surface area contributed by atoms with Crippen LogP contribution in [0.5, 0.6) is 0 Å². The van der Waals surface area contributed by atoms with Gasteiger partial charge in [0, 0.05) is 20.6 Å². The van der Waals surface area contributed by atoms with Crippen molar-refractivity contribution in [3.63, 3.8) is 0 Å². The zero-order valence-corrected chi connectivity index (χ0v) is 17.8. The minimum atomic E-state index is -0.396. The van der Waals surface area contributed by atoms with Crippen molar-refractivity contribution >= 4 is 60.0 Å². The van der Waals surface area contributed by atoms with Gasteiger partial charge >= 0.3 is 5.63 Å². The van der Waals surface area contributed by atoms with Gasteiger partial charge in [-0.2, -0.15) is 0 Å². The standard InChI is InChI=1S/C24H12BrNO3S/c25-15-6-8-20-14(9-15)10-22(28-20)19-12-30-23(26-19)18-11-17-16-4-2-1-3-13(16)5-7-21(17)29-24(18)27/h1-12H. The molecule has 3 aromatic heterocycles. The predicted octanol–water partition coefficient (Wildman–Crippen LogP) is 7.25. The number of rotatable bonds is 2. The van der Waals surface area contributed by atoms with Gasteiger partial charge in [0.05, 0.1) is 5.56 Å². The first-order chi connectivity index (χ1) is 14.7. The number of halogens is 1. The molecule has 3 aromatic carbocycles. The third kappa shape index (κ3) is 2.80. The molecule has 0 aliphatic rings. The maximum Gasteiger partial charge on any atom is 0.346 e. The molecule has 6 heteroatoms. The van der Waals surface area contributed by atoms with Crippen LogP contribution in [0.4, 0.5) is 0 Å². The monoisotopic (exact) mass is 473 g/mol. The summed E-state index contributed by atoms with van der Waals surface area (Å²) in [6.45, 7) is 0. The SMILES string of the molecule is O=c1oc2ccc3ccccc3c2cc1-c1nc(-c2cc3cc(Br)ccc3o2)cs1. The summed E-state index contributed by atoms with van der Waals surface area (Å²) in [5.41, 5.74) is 2.11. The van der Waals surface area contributed by atoms with Gasteiger partial charge < -0.3 is 8.83 Å². The van der Waals surface area contributed by atoms with Crippen LogP contribution in [0.15, 0.2) is 90.2 Å². The van der Waals surface area contributed by atoms with E-state index in [0.29, 0.717) is 27.6 Å². The number of hydrogen-bond acceptors (Lipinski definition) is 5. The van der Waals surface area contributed by atoms with Gasteiger partial charge in [0.1, 0.15) is 21.9 Å². The highest BCUT2D eigenvalue weighted by Gasteiger charge is 2.16. The molecule has 4 nitrogen and oxygen atoms in total. The molecule has 0 atom stereocenters. The van der Waals surface area contributed by atoms with Crippen molar-refractivity contribution in [1.82, 2.24) is 4.98 Å². The molecule has 0 unspecified atom stereocenters. The van der Waals surface area contributed by atoms with Crippen molar-refractivity contribution in [3.8, 4) is 22.0 Å². The van der Waals surface area contributed by atoms with Crippen LogP contribution in [-0.4, -0.2) is 4.98 Å². The van der Waals surface area contributed by atoms with E-state index in [1.54, 1.807) is 0 Å². The van der Waals surface area contributed by atoms with E-state index >= 15 is 0 Å². The molecular formula is C24H12BrNO3S. The highest BCUT2D eigenvalue weighted by atomic mass is 79.9. The van der Waals surface area contributed by atoms with E-state index < -0.39 is 5.63 Å². The van der Waals surface area contributed by atoms with Crippen LogP contribution in [0.1, 0.15) is 0 Å². The Labute approximate surface area is 182 Å². The van der Waals surface area contributed by atoms with Gasteiger partial charge in [-0.05, 0) is 47.2 Å². The van der Waals surface area contributed by atoms with E-state index in [1.807, 2.05) is 72.1 Å². The molecule has 0 aliphatic carbocycles. The maximum absolute atomic E-state index is 12.7. The molecule has 0 saturated carbocycles. The summed E-state index contributed by atoms with van der Waals surface area (Å²) in [7, 11) is 0. The average Bonchev–Trinajstić information content (AvgIpc) is 3.40. The minimum absolute atomic E-state index is 0.396. The fourth-order valence-corrected chi connectivity index (χ4v) is 4.86. The lowest BCUT2D eigenvalue weighted by atomic mass is 10.0. The number of thiazole rings is 1. The molecule has 6 rings (SSSR count). The molecule has 144 valence electrons. The van der Waals surface area contributed by atoms with Crippen molar-refractivity contribution in [1.29, 1.82) is 0 Å². The second kappa shape index (κ2) is 6.65. The fraction of sp³-hybridized carbons (Fsp3) is 0. The molecule has 30 heavy (non-hydrogen) atoms. The van der Waals surface area contributed by atoms with Gasteiger partial charge in [-0.3, -0.25) is 0 Å². The molecule has 0 saturated heterocycles. The van der Waals surface area contributed by atoms with Crippen LogP contribution in [-0.2, 0) is 0 Å². The summed E-state index contributed by atoms with van der Waals surface area (Å²) in [5.74, 6) is 0.668. The lowest BCUT2D eigenvalue weighted by Gasteiger charge is -2.04. The Bertz CT molecular complexity index is 1640. The van der Waals surface area contributed by atoms with E-state index in [0.717, 1.165) is 31.6 Å². The summed E-state index contributed by atoms with van der Waals surface area (Å²) < 4.78 is 12.5. The fourth-order valence-electron chi connectivity index (χ4n) is 3.67. The Morgan fingerprint density at radius 3 is 2.63 bits per heavy atom. The number of hydrogen-bond donors (Lipinski definition) is 0. The van der Waals surface area contributed by atoms with E-state index in [4.69, 9.17) is 8.83 Å². The Morgan fingerprint density at radius 2 is 1.70 bits per heavy atom. The smallest absolute Gasteiger partial charge is 0.346 e. The normalized spacial score (nSPS) is 11.6. The van der Waals surface area contributed by atoms with Crippen molar-refractivity contribution in [2.24, 2.45) is 0 Å². The minimum Gasteiger partial charge on any atom is -0.454 e. The van der Waals surface area contributed by atoms with Crippen molar-refractivity contribution in [2.45, 2.75) is 0 Å². The van der Waals surface area contributed by atoms with Gasteiger partial charge in [-0.25, -0.2) is 9.78 Å². The zero-order valence-electron chi connectivity index (χ0n) is 15.4. The Kier molecular flexibility index (Phi) is 3.91. The molecule has 6 aromatic rings. The highest BCUT2D eigenvalue weighted by molar-refractivity contribution is 9.10. The zero-order chi connectivity index (χ0) is 20.2. The Morgan fingerprint density at radius 1 is 0.833 bits per heavy atom. The van der Waals surface area contributed by atoms with Gasteiger partial charge in [-0.1, -0.05) is 46.3 Å². The summed E-state index contributed by atoms with van der Waals surface area (Å²) in [6, 6.07) is 21.5. The van der Waals surface area contributed by atoms with Gasteiger partial charge in [0.2, 0.25) is 0 Å². The summed E-state index contributed by atoms with van der Waals surface area (Å²) in [6.07, 6.45) is 0. The number of benzene rings is 3. The molecule has 0 radical (unpaired) electrons. The summed E-state index contributed by atoms with van der Waals surface area (Å²) in [4.78, 5) is 17.3. The number of fused-ring (bicyclic) bond motifs is 4. The average molecular weight is 474 g/mol. The van der Waals surface area contributed by atoms with Crippen molar-refractivity contribution in [2.75, 3.05) is 0 Å². The van der Waals surface area contributed by atoms with Crippen LogP contribution in [0, 0.1) is 0 Å². The first-order valence-electron chi connectivity index (χ1n) is 9.27. The van der Waals surface area contributed by atoms with Crippen molar-refractivity contribution in [3.05, 3.63) is 87.0 Å². The molecule has 3 heterocycles. The topological polar surface area (TPSA) is 56.2 Å². The van der Waals surface area contributed by atoms with Gasteiger partial charge in [0.15, 0.2) is 5.76 Å². The molecule has 0 amide bonds. The molecule has 0 aliphatic heterocycles. The molecule has 0 spiro atoms. The first-order valence-corrected chi connectivity index (χ1v) is 10.9. The highest BCUT2D eigenvalue weighted by Crippen LogP contribution is 2.34. The maximum atomic E-state index is 12.7. The van der Waals surface area contributed by atoms with E-state index in [1.165, 1.54) is 11.3 Å².